The highest BCUT2D eigenvalue weighted by atomic mass is 19.1. The summed E-state index contributed by atoms with van der Waals surface area (Å²) in [5.41, 5.74) is -0.346. The first-order valence-corrected chi connectivity index (χ1v) is 5.28. The second-order valence-corrected chi connectivity index (χ2v) is 4.63. The van der Waals surface area contributed by atoms with Gasteiger partial charge in [-0.05, 0) is 27.9 Å². The Labute approximate surface area is 96.1 Å². The zero-order valence-electron chi connectivity index (χ0n) is 10.2. The molecular weight excluding hydrogens is 205 g/mol. The highest BCUT2D eigenvalue weighted by Crippen LogP contribution is 2.19. The van der Waals surface area contributed by atoms with Crippen LogP contribution in [-0.2, 0) is 0 Å². The SMILES string of the molecule is Cc1ccc(C(=O)C(C)(F)CN(C)C)cc1. The minimum Gasteiger partial charge on any atom is -0.306 e. The van der Waals surface area contributed by atoms with E-state index in [0.717, 1.165) is 5.56 Å². The minimum atomic E-state index is -1.83. The number of carbonyl (C=O) groups excluding carboxylic acids is 1. The van der Waals surface area contributed by atoms with Gasteiger partial charge in [-0.3, -0.25) is 4.79 Å². The summed E-state index contributed by atoms with van der Waals surface area (Å²) in [5.74, 6) is -0.457. The fourth-order valence-corrected chi connectivity index (χ4v) is 1.67. The third-order valence-corrected chi connectivity index (χ3v) is 2.40. The molecule has 0 aromatic heterocycles. The molecule has 88 valence electrons. The van der Waals surface area contributed by atoms with Gasteiger partial charge in [0.1, 0.15) is 0 Å². The number of carbonyl (C=O) groups is 1. The van der Waals surface area contributed by atoms with Crippen LogP contribution in [0.5, 0.6) is 0 Å². The molecule has 0 N–H and O–H groups in total. The largest absolute Gasteiger partial charge is 0.306 e. The van der Waals surface area contributed by atoms with E-state index in [1.165, 1.54) is 6.92 Å². The van der Waals surface area contributed by atoms with Crippen LogP contribution in [0.2, 0.25) is 0 Å². The smallest absolute Gasteiger partial charge is 0.201 e. The van der Waals surface area contributed by atoms with Crippen molar-refractivity contribution in [2.24, 2.45) is 0 Å². The molecular formula is C13H18FNO. The molecule has 2 nitrogen and oxygen atoms in total. The lowest BCUT2D eigenvalue weighted by molar-refractivity contribution is 0.0656. The number of aryl methyl sites for hydroxylation is 1. The summed E-state index contributed by atoms with van der Waals surface area (Å²) in [6.07, 6.45) is 0. The fourth-order valence-electron chi connectivity index (χ4n) is 1.67. The average molecular weight is 223 g/mol. The Morgan fingerprint density at radius 2 is 1.81 bits per heavy atom. The summed E-state index contributed by atoms with van der Waals surface area (Å²) < 4.78 is 14.1. The lowest BCUT2D eigenvalue weighted by Crippen LogP contribution is -2.40. The van der Waals surface area contributed by atoms with Gasteiger partial charge in [-0.25, -0.2) is 4.39 Å². The van der Waals surface area contributed by atoms with Gasteiger partial charge in [-0.15, -0.1) is 0 Å². The lowest BCUT2D eigenvalue weighted by atomic mass is 9.95. The van der Waals surface area contributed by atoms with Crippen LogP contribution in [0.3, 0.4) is 0 Å². The number of alkyl halides is 1. The molecule has 0 aliphatic heterocycles. The van der Waals surface area contributed by atoms with Crippen LogP contribution in [0.1, 0.15) is 22.8 Å². The van der Waals surface area contributed by atoms with Gasteiger partial charge >= 0.3 is 0 Å². The number of rotatable bonds is 4. The van der Waals surface area contributed by atoms with Crippen molar-refractivity contribution < 1.29 is 9.18 Å². The van der Waals surface area contributed by atoms with E-state index in [1.54, 1.807) is 31.1 Å². The van der Waals surface area contributed by atoms with Crippen molar-refractivity contribution in [1.29, 1.82) is 0 Å². The Morgan fingerprint density at radius 1 is 1.31 bits per heavy atom. The Balaban J connectivity index is 2.88. The molecule has 0 heterocycles. The first-order valence-electron chi connectivity index (χ1n) is 5.28. The van der Waals surface area contributed by atoms with Crippen molar-refractivity contribution in [1.82, 2.24) is 4.90 Å². The predicted octanol–water partition coefficient (Wildman–Crippen LogP) is 2.47. The molecule has 0 spiro atoms. The van der Waals surface area contributed by atoms with Gasteiger partial charge in [0.25, 0.3) is 0 Å². The maximum absolute atomic E-state index is 14.1. The Bertz CT molecular complexity index is 368. The van der Waals surface area contributed by atoms with Gasteiger partial charge < -0.3 is 4.90 Å². The maximum atomic E-state index is 14.1. The summed E-state index contributed by atoms with van der Waals surface area (Å²) >= 11 is 0. The molecule has 0 aliphatic carbocycles. The molecule has 0 saturated carbocycles. The monoisotopic (exact) mass is 223 g/mol. The molecule has 1 aromatic rings. The number of Topliss-reactive ketones (excluding diaryl/α,β-unsaturated/α-hetero) is 1. The third kappa shape index (κ3) is 3.14. The van der Waals surface area contributed by atoms with Crippen molar-refractivity contribution in [3.05, 3.63) is 35.4 Å². The predicted molar refractivity (Wildman–Crippen MR) is 63.6 cm³/mol. The van der Waals surface area contributed by atoms with Crippen molar-refractivity contribution in [2.75, 3.05) is 20.6 Å². The van der Waals surface area contributed by atoms with Gasteiger partial charge in [-0.1, -0.05) is 29.8 Å². The third-order valence-electron chi connectivity index (χ3n) is 2.40. The standard InChI is InChI=1S/C13H18FNO/c1-10-5-7-11(8-6-10)12(16)13(2,14)9-15(3)4/h5-8H,9H2,1-4H3. The van der Waals surface area contributed by atoms with E-state index in [1.807, 2.05) is 19.1 Å². The molecule has 0 saturated heterocycles. The molecule has 1 unspecified atom stereocenters. The highest BCUT2D eigenvalue weighted by Gasteiger charge is 2.34. The van der Waals surface area contributed by atoms with Crippen molar-refractivity contribution in [3.8, 4) is 0 Å². The van der Waals surface area contributed by atoms with E-state index in [9.17, 15) is 9.18 Å². The second kappa shape index (κ2) is 4.74. The van der Waals surface area contributed by atoms with E-state index in [4.69, 9.17) is 0 Å². The summed E-state index contributed by atoms with van der Waals surface area (Å²) in [5, 5.41) is 0. The lowest BCUT2D eigenvalue weighted by Gasteiger charge is -2.22. The highest BCUT2D eigenvalue weighted by molar-refractivity contribution is 6.02. The zero-order chi connectivity index (χ0) is 12.3. The van der Waals surface area contributed by atoms with E-state index in [2.05, 4.69) is 0 Å². The summed E-state index contributed by atoms with van der Waals surface area (Å²) in [6, 6.07) is 6.98. The number of benzene rings is 1. The molecule has 1 aromatic carbocycles. The van der Waals surface area contributed by atoms with Crippen LogP contribution in [0.25, 0.3) is 0 Å². The van der Waals surface area contributed by atoms with Crippen LogP contribution in [-0.4, -0.2) is 37.0 Å². The van der Waals surface area contributed by atoms with E-state index in [-0.39, 0.29) is 6.54 Å². The van der Waals surface area contributed by atoms with Crippen LogP contribution in [0, 0.1) is 6.92 Å². The van der Waals surface area contributed by atoms with Gasteiger partial charge in [0.05, 0.1) is 0 Å². The molecule has 0 aliphatic rings. The Hall–Kier alpha value is -1.22. The first-order chi connectivity index (χ1) is 7.33. The molecule has 0 amide bonds. The van der Waals surface area contributed by atoms with Gasteiger partial charge in [0.2, 0.25) is 5.78 Å². The Morgan fingerprint density at radius 3 is 2.25 bits per heavy atom. The molecule has 0 radical (unpaired) electrons. The van der Waals surface area contributed by atoms with E-state index < -0.39 is 11.5 Å². The number of hydrogen-bond donors (Lipinski definition) is 0. The molecule has 16 heavy (non-hydrogen) atoms. The average Bonchev–Trinajstić information content (AvgIpc) is 2.16. The van der Waals surface area contributed by atoms with Crippen LogP contribution < -0.4 is 0 Å². The summed E-state index contributed by atoms with van der Waals surface area (Å²) in [7, 11) is 3.50. The Kier molecular flexibility index (Phi) is 3.81. The van der Waals surface area contributed by atoms with Gasteiger partial charge in [-0.2, -0.15) is 0 Å². The number of ketones is 1. The number of nitrogens with zero attached hydrogens (tertiary/aromatic N) is 1. The van der Waals surface area contributed by atoms with Gasteiger partial charge in [0, 0.05) is 12.1 Å². The van der Waals surface area contributed by atoms with Crippen LogP contribution in [0.15, 0.2) is 24.3 Å². The van der Waals surface area contributed by atoms with Crippen molar-refractivity contribution in [3.63, 3.8) is 0 Å². The fraction of sp³-hybridized carbons (Fsp3) is 0.462. The van der Waals surface area contributed by atoms with Crippen molar-refractivity contribution >= 4 is 5.78 Å². The molecule has 3 heteroatoms. The summed E-state index contributed by atoms with van der Waals surface area (Å²) in [6.45, 7) is 3.36. The molecule has 1 rings (SSSR count). The second-order valence-electron chi connectivity index (χ2n) is 4.63. The van der Waals surface area contributed by atoms with Crippen LogP contribution in [0.4, 0.5) is 4.39 Å². The molecule has 0 bridgehead atoms. The van der Waals surface area contributed by atoms with Crippen LogP contribution >= 0.6 is 0 Å². The summed E-state index contributed by atoms with van der Waals surface area (Å²) in [4.78, 5) is 13.6. The minimum absolute atomic E-state index is 0.0969. The number of halogens is 1. The van der Waals surface area contributed by atoms with E-state index in [0.29, 0.717) is 5.56 Å². The quantitative estimate of drug-likeness (QED) is 0.731. The van der Waals surface area contributed by atoms with Gasteiger partial charge in [0.15, 0.2) is 5.67 Å². The zero-order valence-corrected chi connectivity index (χ0v) is 10.2. The van der Waals surface area contributed by atoms with Crippen molar-refractivity contribution in [2.45, 2.75) is 19.5 Å². The maximum Gasteiger partial charge on any atom is 0.201 e. The topological polar surface area (TPSA) is 20.3 Å². The molecule has 1 atom stereocenters. The number of hydrogen-bond acceptors (Lipinski definition) is 2. The normalized spacial score (nSPS) is 14.9. The first kappa shape index (κ1) is 12.8. The molecule has 0 fully saturated rings. The van der Waals surface area contributed by atoms with E-state index >= 15 is 0 Å².